The summed E-state index contributed by atoms with van der Waals surface area (Å²) in [5, 5.41) is 13.2. The molecule has 0 unspecified atom stereocenters. The zero-order valence-corrected chi connectivity index (χ0v) is 15.7. The number of ether oxygens (including phenoxy) is 1. The van der Waals surface area contributed by atoms with Crippen LogP contribution < -0.4 is 4.74 Å². The zero-order chi connectivity index (χ0) is 18.8. The zero-order valence-electron chi connectivity index (χ0n) is 14.1. The van der Waals surface area contributed by atoms with Gasteiger partial charge in [-0.05, 0) is 25.1 Å². The van der Waals surface area contributed by atoms with E-state index in [1.165, 1.54) is 0 Å². The Labute approximate surface area is 164 Å². The van der Waals surface area contributed by atoms with Gasteiger partial charge in [-0.3, -0.25) is 0 Å². The molecule has 0 radical (unpaired) electrons. The van der Waals surface area contributed by atoms with Gasteiger partial charge in [-0.15, -0.1) is 10.2 Å². The van der Waals surface area contributed by atoms with Crippen LogP contribution in [0.3, 0.4) is 0 Å². The fourth-order valence-corrected chi connectivity index (χ4v) is 3.09. The molecule has 4 aromatic rings. The molecule has 2 aromatic carbocycles. The average molecular weight is 402 g/mol. The van der Waals surface area contributed by atoms with Gasteiger partial charge in [0.25, 0.3) is 11.8 Å². The second-order valence-electron chi connectivity index (χ2n) is 5.72. The van der Waals surface area contributed by atoms with E-state index in [1.54, 1.807) is 25.1 Å². The highest BCUT2D eigenvalue weighted by molar-refractivity contribution is 6.34. The van der Waals surface area contributed by atoms with Crippen LogP contribution in [0.2, 0.25) is 10.0 Å². The third kappa shape index (κ3) is 3.82. The Hall–Kier alpha value is -2.83. The summed E-state index contributed by atoms with van der Waals surface area (Å²) in [5.41, 5.74) is 2.20. The summed E-state index contributed by atoms with van der Waals surface area (Å²) in [4.78, 5) is 0. The minimum atomic E-state index is 0.0780. The molecule has 0 saturated carbocycles. The molecule has 0 spiro atoms. The van der Waals surface area contributed by atoms with Crippen molar-refractivity contribution >= 4 is 23.2 Å². The molecule has 6 nitrogen and oxygen atoms in total. The molecule has 0 aliphatic heterocycles. The lowest BCUT2D eigenvalue weighted by atomic mass is 10.1. The maximum Gasteiger partial charge on any atom is 0.254 e. The van der Waals surface area contributed by atoms with Gasteiger partial charge in [0.2, 0.25) is 0 Å². The van der Waals surface area contributed by atoms with E-state index in [-0.39, 0.29) is 6.61 Å². The van der Waals surface area contributed by atoms with Crippen molar-refractivity contribution in [1.29, 1.82) is 0 Å². The average Bonchev–Trinajstić information content (AvgIpc) is 3.26. The van der Waals surface area contributed by atoms with Gasteiger partial charge in [-0.25, -0.2) is 0 Å². The third-order valence-corrected chi connectivity index (χ3v) is 4.23. The molecule has 27 heavy (non-hydrogen) atoms. The highest BCUT2D eigenvalue weighted by Gasteiger charge is 2.22. The smallest absolute Gasteiger partial charge is 0.254 e. The van der Waals surface area contributed by atoms with E-state index in [1.807, 2.05) is 30.3 Å². The van der Waals surface area contributed by atoms with E-state index in [0.29, 0.717) is 44.6 Å². The van der Waals surface area contributed by atoms with Crippen molar-refractivity contribution in [3.05, 3.63) is 70.2 Å². The molecule has 0 N–H and O–H groups in total. The van der Waals surface area contributed by atoms with Crippen LogP contribution in [0.5, 0.6) is 5.75 Å². The first-order chi connectivity index (χ1) is 13.1. The van der Waals surface area contributed by atoms with Gasteiger partial charge >= 0.3 is 0 Å². The Morgan fingerprint density at radius 2 is 1.74 bits per heavy atom. The van der Waals surface area contributed by atoms with Gasteiger partial charge in [-0.1, -0.05) is 58.7 Å². The Morgan fingerprint density at radius 3 is 2.48 bits per heavy atom. The molecule has 0 atom stereocenters. The molecule has 0 fully saturated rings. The van der Waals surface area contributed by atoms with E-state index in [0.717, 1.165) is 5.56 Å². The normalized spacial score (nSPS) is 10.9. The molecule has 4 rings (SSSR count). The van der Waals surface area contributed by atoms with Crippen molar-refractivity contribution in [3.63, 3.8) is 0 Å². The van der Waals surface area contributed by atoms with Gasteiger partial charge in [0.05, 0.1) is 0 Å². The monoisotopic (exact) mass is 401 g/mol. The van der Waals surface area contributed by atoms with Gasteiger partial charge in [0.15, 0.2) is 6.61 Å². The minimum Gasteiger partial charge on any atom is -0.484 e. The number of nitrogens with zero attached hydrogens (tertiary/aromatic N) is 3. The van der Waals surface area contributed by atoms with Crippen LogP contribution >= 0.6 is 23.2 Å². The number of halogens is 2. The summed E-state index contributed by atoms with van der Waals surface area (Å²) < 4.78 is 16.7. The van der Waals surface area contributed by atoms with Gasteiger partial charge in [0.1, 0.15) is 22.8 Å². The van der Waals surface area contributed by atoms with Crippen LogP contribution in [-0.4, -0.2) is 15.4 Å². The van der Waals surface area contributed by atoms with E-state index >= 15 is 0 Å². The highest BCUT2D eigenvalue weighted by atomic mass is 35.5. The lowest BCUT2D eigenvalue weighted by Crippen LogP contribution is -1.95. The van der Waals surface area contributed by atoms with Gasteiger partial charge < -0.3 is 13.7 Å². The van der Waals surface area contributed by atoms with Crippen LogP contribution in [-0.2, 0) is 6.61 Å². The topological polar surface area (TPSA) is 74.2 Å². The van der Waals surface area contributed by atoms with E-state index < -0.39 is 0 Å². The first-order valence-electron chi connectivity index (χ1n) is 8.03. The van der Waals surface area contributed by atoms with Crippen LogP contribution in [0.4, 0.5) is 0 Å². The Kier molecular flexibility index (Phi) is 4.83. The van der Waals surface area contributed by atoms with Crippen molar-refractivity contribution in [1.82, 2.24) is 15.4 Å². The molecule has 2 heterocycles. The second kappa shape index (κ2) is 7.42. The molecule has 0 aliphatic carbocycles. The minimum absolute atomic E-state index is 0.0780. The maximum atomic E-state index is 5.96. The van der Waals surface area contributed by atoms with Crippen LogP contribution in [0.1, 0.15) is 11.7 Å². The number of aromatic nitrogens is 3. The largest absolute Gasteiger partial charge is 0.484 e. The summed E-state index contributed by atoms with van der Waals surface area (Å²) in [5.74, 6) is 1.72. The van der Waals surface area contributed by atoms with Crippen LogP contribution in [0.15, 0.2) is 57.5 Å². The summed E-state index contributed by atoms with van der Waals surface area (Å²) in [6.45, 7) is 1.87. The summed E-state index contributed by atoms with van der Waals surface area (Å²) in [7, 11) is 0. The summed E-state index contributed by atoms with van der Waals surface area (Å²) in [6.07, 6.45) is 0. The van der Waals surface area contributed by atoms with E-state index in [9.17, 15) is 0 Å². The summed E-state index contributed by atoms with van der Waals surface area (Å²) >= 11 is 11.9. The van der Waals surface area contributed by atoms with E-state index in [4.69, 9.17) is 36.9 Å². The number of hydrogen-bond acceptors (Lipinski definition) is 6. The molecule has 8 heteroatoms. The Balaban J connectivity index is 1.57. The molecule has 2 aromatic heterocycles. The second-order valence-corrected chi connectivity index (χ2v) is 6.60. The van der Waals surface area contributed by atoms with E-state index in [2.05, 4.69) is 15.4 Å². The Morgan fingerprint density at radius 1 is 1.00 bits per heavy atom. The van der Waals surface area contributed by atoms with Crippen molar-refractivity contribution < 1.29 is 13.7 Å². The molecule has 0 bridgehead atoms. The third-order valence-electron chi connectivity index (χ3n) is 3.79. The number of rotatable bonds is 5. The van der Waals surface area contributed by atoms with Crippen LogP contribution in [0, 0.1) is 6.92 Å². The van der Waals surface area contributed by atoms with Crippen molar-refractivity contribution in [2.75, 3.05) is 0 Å². The lowest BCUT2D eigenvalue weighted by Gasteiger charge is -2.04. The maximum absolute atomic E-state index is 5.96. The summed E-state index contributed by atoms with van der Waals surface area (Å²) in [6, 6.07) is 14.6. The molecule has 0 amide bonds. The fraction of sp³-hybridized carbons (Fsp3) is 0.105. The van der Waals surface area contributed by atoms with Crippen molar-refractivity contribution in [2.24, 2.45) is 0 Å². The highest BCUT2D eigenvalue weighted by Crippen LogP contribution is 2.33. The molecular weight excluding hydrogens is 389 g/mol. The van der Waals surface area contributed by atoms with Crippen molar-refractivity contribution in [2.45, 2.75) is 13.5 Å². The number of aryl methyl sites for hydroxylation is 1. The quantitative estimate of drug-likeness (QED) is 0.434. The number of hydrogen-bond donors (Lipinski definition) is 0. The predicted molar refractivity (Wildman–Crippen MR) is 101 cm³/mol. The SMILES string of the molecule is Cc1onc(-c2ccccc2)c1-c1nnc(COc2cc(Cl)cc(Cl)c2)o1. The predicted octanol–water partition coefficient (Wildman–Crippen LogP) is 5.59. The van der Waals surface area contributed by atoms with Gasteiger partial charge in [0, 0.05) is 15.6 Å². The molecule has 0 aliphatic rings. The van der Waals surface area contributed by atoms with Crippen LogP contribution in [0.25, 0.3) is 22.7 Å². The molecule has 0 saturated heterocycles. The standard InChI is InChI=1S/C19H13Cl2N3O3/c1-11-17(18(24-27-11)12-5-3-2-4-6-12)19-23-22-16(26-19)10-25-15-8-13(20)7-14(21)9-15/h2-9H,10H2,1H3. The van der Waals surface area contributed by atoms with Gasteiger partial charge in [-0.2, -0.15) is 0 Å². The first kappa shape index (κ1) is 17.6. The lowest BCUT2D eigenvalue weighted by molar-refractivity contribution is 0.264. The van der Waals surface area contributed by atoms with Crippen molar-refractivity contribution in [3.8, 4) is 28.5 Å². The first-order valence-corrected chi connectivity index (χ1v) is 8.79. The number of benzene rings is 2. The molecular formula is C19H13Cl2N3O3. The fourth-order valence-electron chi connectivity index (χ4n) is 2.59. The Bertz CT molecular complexity index is 1060. The molecule has 136 valence electrons.